The van der Waals surface area contributed by atoms with E-state index in [0.717, 1.165) is 0 Å². The molecule has 1 unspecified atom stereocenters. The van der Waals surface area contributed by atoms with Gasteiger partial charge in [0.1, 0.15) is 5.69 Å². The Morgan fingerprint density at radius 3 is 2.56 bits per heavy atom. The second kappa shape index (κ2) is 6.04. The van der Waals surface area contributed by atoms with Crippen LogP contribution >= 0.6 is 0 Å². The number of aliphatic hydroxyl groups excluding tert-OH is 2. The monoisotopic (exact) mass is 252 g/mol. The molecule has 1 aromatic rings. The third kappa shape index (κ3) is 4.18. The minimum atomic E-state index is -0.685. The fourth-order valence-electron chi connectivity index (χ4n) is 1.55. The summed E-state index contributed by atoms with van der Waals surface area (Å²) in [6, 6.07) is 4.75. The van der Waals surface area contributed by atoms with Gasteiger partial charge in [-0.2, -0.15) is 0 Å². The maximum absolute atomic E-state index is 10.5. The van der Waals surface area contributed by atoms with Crippen molar-refractivity contribution >= 4 is 5.69 Å². The van der Waals surface area contributed by atoms with Crippen LogP contribution in [0.4, 0.5) is 5.69 Å². The molecule has 100 valence electrons. The quantitative estimate of drug-likeness (QED) is 0.700. The van der Waals surface area contributed by atoms with Gasteiger partial charge in [-0.3, -0.25) is 0 Å². The Kier molecular flexibility index (Phi) is 4.95. The topological polar surface area (TPSA) is 81.9 Å². The maximum Gasteiger partial charge on any atom is 0.113 e. The van der Waals surface area contributed by atoms with Crippen LogP contribution < -0.4 is 5.32 Å². The normalized spacial score (nSPS) is 13.4. The molecule has 0 saturated carbocycles. The number of benzene rings is 1. The smallest absolute Gasteiger partial charge is 0.113 e. The summed E-state index contributed by atoms with van der Waals surface area (Å²) in [5, 5.41) is 25.1. The van der Waals surface area contributed by atoms with Gasteiger partial charge in [-0.15, -0.1) is 4.91 Å². The summed E-state index contributed by atoms with van der Waals surface area (Å²) in [4.78, 5) is 10.5. The molecular weight excluding hydrogens is 232 g/mol. The first kappa shape index (κ1) is 14.8. The van der Waals surface area contributed by atoms with Crippen molar-refractivity contribution in [1.82, 2.24) is 5.32 Å². The molecule has 0 aromatic heterocycles. The molecule has 18 heavy (non-hydrogen) atoms. The van der Waals surface area contributed by atoms with Crippen molar-refractivity contribution in [2.75, 3.05) is 6.54 Å². The van der Waals surface area contributed by atoms with E-state index in [1.807, 2.05) is 20.8 Å². The third-order valence-electron chi connectivity index (χ3n) is 2.58. The number of nitrogens with one attached hydrogen (secondary N) is 1. The van der Waals surface area contributed by atoms with Crippen LogP contribution in [0, 0.1) is 4.91 Å². The van der Waals surface area contributed by atoms with Gasteiger partial charge in [0.2, 0.25) is 0 Å². The molecule has 5 heteroatoms. The van der Waals surface area contributed by atoms with Gasteiger partial charge < -0.3 is 15.5 Å². The summed E-state index contributed by atoms with van der Waals surface area (Å²) in [5.74, 6) is 0. The molecule has 0 amide bonds. The van der Waals surface area contributed by atoms with E-state index in [9.17, 15) is 10.0 Å². The van der Waals surface area contributed by atoms with Crippen LogP contribution in [-0.2, 0) is 6.61 Å². The number of hydrogen-bond donors (Lipinski definition) is 3. The van der Waals surface area contributed by atoms with Crippen LogP contribution in [0.3, 0.4) is 0 Å². The molecule has 1 aromatic carbocycles. The molecule has 5 nitrogen and oxygen atoms in total. The molecule has 0 saturated heterocycles. The van der Waals surface area contributed by atoms with Crippen LogP contribution in [-0.4, -0.2) is 22.3 Å². The number of rotatable bonds is 5. The Bertz CT molecular complexity index is 413. The van der Waals surface area contributed by atoms with Crippen molar-refractivity contribution < 1.29 is 10.2 Å². The van der Waals surface area contributed by atoms with Crippen LogP contribution in [0.15, 0.2) is 23.4 Å². The summed E-state index contributed by atoms with van der Waals surface area (Å²) in [5.41, 5.74) is 1.21. The zero-order valence-corrected chi connectivity index (χ0v) is 11.0. The second-order valence-corrected chi connectivity index (χ2v) is 5.28. The molecule has 3 N–H and O–H groups in total. The number of β-amino-alcohol motifs (C(OH)–C–C–N with tert-alkyl or cyclic N) is 1. The Balaban J connectivity index is 2.80. The Morgan fingerprint density at radius 1 is 1.39 bits per heavy atom. The maximum atomic E-state index is 10.5. The average molecular weight is 252 g/mol. The standard InChI is InChI=1S/C13H20N2O3/c1-13(2,3)14-7-12(17)9-4-5-11(15-18)10(6-9)8-16/h4-6,12,14,16-17H,7-8H2,1-3H3. The van der Waals surface area contributed by atoms with E-state index >= 15 is 0 Å². The van der Waals surface area contributed by atoms with Gasteiger partial charge in [0.25, 0.3) is 0 Å². The third-order valence-corrected chi connectivity index (χ3v) is 2.58. The average Bonchev–Trinajstić information content (AvgIpc) is 2.34. The SMILES string of the molecule is CC(C)(C)NCC(O)c1ccc(N=O)c(CO)c1. The highest BCUT2D eigenvalue weighted by Gasteiger charge is 2.14. The molecule has 0 bridgehead atoms. The zero-order chi connectivity index (χ0) is 13.8. The van der Waals surface area contributed by atoms with Crippen molar-refractivity contribution in [3.63, 3.8) is 0 Å². The van der Waals surface area contributed by atoms with Crippen molar-refractivity contribution in [3.05, 3.63) is 34.2 Å². The molecule has 0 fully saturated rings. The lowest BCUT2D eigenvalue weighted by Gasteiger charge is -2.23. The minimum Gasteiger partial charge on any atom is -0.392 e. The first-order chi connectivity index (χ1) is 8.37. The first-order valence-electron chi connectivity index (χ1n) is 5.87. The van der Waals surface area contributed by atoms with E-state index in [1.165, 1.54) is 6.07 Å². The molecule has 0 aliphatic rings. The first-order valence-corrected chi connectivity index (χ1v) is 5.87. The predicted octanol–water partition coefficient (Wildman–Crippen LogP) is 2.00. The highest BCUT2D eigenvalue weighted by molar-refractivity contribution is 5.47. The second-order valence-electron chi connectivity index (χ2n) is 5.28. The lowest BCUT2D eigenvalue weighted by atomic mass is 10.0. The van der Waals surface area contributed by atoms with E-state index in [4.69, 9.17) is 5.11 Å². The lowest BCUT2D eigenvalue weighted by Crippen LogP contribution is -2.38. The molecule has 0 heterocycles. The molecule has 0 aliphatic heterocycles. The summed E-state index contributed by atoms with van der Waals surface area (Å²) in [6.45, 7) is 6.17. The number of aliphatic hydroxyl groups is 2. The fraction of sp³-hybridized carbons (Fsp3) is 0.538. The number of nitroso groups, excluding NO2 is 1. The number of nitrogens with zero attached hydrogens (tertiary/aromatic N) is 1. The molecule has 0 aliphatic carbocycles. The molecule has 1 atom stereocenters. The van der Waals surface area contributed by atoms with E-state index in [0.29, 0.717) is 17.7 Å². The summed E-state index contributed by atoms with van der Waals surface area (Å²) in [6.07, 6.45) is -0.685. The summed E-state index contributed by atoms with van der Waals surface area (Å²) >= 11 is 0. The van der Waals surface area contributed by atoms with Crippen LogP contribution in [0.2, 0.25) is 0 Å². The van der Waals surface area contributed by atoms with E-state index < -0.39 is 6.10 Å². The van der Waals surface area contributed by atoms with Crippen LogP contribution in [0.1, 0.15) is 38.0 Å². The van der Waals surface area contributed by atoms with Gasteiger partial charge in [-0.05, 0) is 43.6 Å². The van der Waals surface area contributed by atoms with Gasteiger partial charge in [-0.1, -0.05) is 6.07 Å². The molecule has 1 rings (SSSR count). The van der Waals surface area contributed by atoms with Gasteiger partial charge in [-0.25, -0.2) is 0 Å². The van der Waals surface area contributed by atoms with Gasteiger partial charge in [0, 0.05) is 17.6 Å². The van der Waals surface area contributed by atoms with E-state index in [2.05, 4.69) is 10.5 Å². The lowest BCUT2D eigenvalue weighted by molar-refractivity contribution is 0.163. The summed E-state index contributed by atoms with van der Waals surface area (Å²) in [7, 11) is 0. The predicted molar refractivity (Wildman–Crippen MR) is 70.5 cm³/mol. The Morgan fingerprint density at radius 2 is 2.06 bits per heavy atom. The van der Waals surface area contributed by atoms with Crippen molar-refractivity contribution in [3.8, 4) is 0 Å². The van der Waals surface area contributed by atoms with E-state index in [1.54, 1.807) is 12.1 Å². The van der Waals surface area contributed by atoms with Crippen LogP contribution in [0.5, 0.6) is 0 Å². The van der Waals surface area contributed by atoms with E-state index in [-0.39, 0.29) is 17.8 Å². The fourth-order valence-corrected chi connectivity index (χ4v) is 1.55. The highest BCUT2D eigenvalue weighted by Crippen LogP contribution is 2.23. The summed E-state index contributed by atoms with van der Waals surface area (Å²) < 4.78 is 0. The minimum absolute atomic E-state index is 0.0783. The van der Waals surface area contributed by atoms with Crippen molar-refractivity contribution in [2.24, 2.45) is 5.18 Å². The zero-order valence-electron chi connectivity index (χ0n) is 11.0. The van der Waals surface area contributed by atoms with Crippen LogP contribution in [0.25, 0.3) is 0 Å². The van der Waals surface area contributed by atoms with Gasteiger partial charge >= 0.3 is 0 Å². The molecular formula is C13H20N2O3. The largest absolute Gasteiger partial charge is 0.392 e. The Hall–Kier alpha value is -1.30. The molecule has 0 radical (unpaired) electrons. The van der Waals surface area contributed by atoms with Gasteiger partial charge in [0.15, 0.2) is 0 Å². The Labute approximate surface area is 107 Å². The number of hydrogen-bond acceptors (Lipinski definition) is 5. The van der Waals surface area contributed by atoms with Crippen molar-refractivity contribution in [2.45, 2.75) is 39.0 Å². The van der Waals surface area contributed by atoms with Crippen molar-refractivity contribution in [1.29, 1.82) is 0 Å². The highest BCUT2D eigenvalue weighted by atomic mass is 16.3. The molecule has 0 spiro atoms. The van der Waals surface area contributed by atoms with Gasteiger partial charge in [0.05, 0.1) is 12.7 Å².